The van der Waals surface area contributed by atoms with Crippen molar-refractivity contribution in [2.45, 2.75) is 27.4 Å². The number of ether oxygens (including phenoxy) is 1. The van der Waals surface area contributed by atoms with Crippen LogP contribution in [0, 0.1) is 17.3 Å². The molecule has 98 valence electrons. The molecule has 0 spiro atoms. The summed E-state index contributed by atoms with van der Waals surface area (Å²) in [5.41, 5.74) is 0.806. The SMILES string of the molecule is CC(C)(C)C#CCOc1c(Br)cc(CO)cc1Br. The van der Waals surface area contributed by atoms with E-state index in [2.05, 4.69) is 64.5 Å². The number of aliphatic hydroxyl groups excluding tert-OH is 1. The van der Waals surface area contributed by atoms with E-state index in [-0.39, 0.29) is 12.0 Å². The standard InChI is InChI=1S/C14H16Br2O2/c1-14(2,3)5-4-6-18-13-11(15)7-10(9-17)8-12(13)16/h7-8,17H,6,9H2,1-3H3. The average Bonchev–Trinajstić information content (AvgIpc) is 2.25. The molecule has 1 aromatic carbocycles. The zero-order valence-electron chi connectivity index (χ0n) is 10.7. The van der Waals surface area contributed by atoms with Gasteiger partial charge in [0.05, 0.1) is 15.6 Å². The highest BCUT2D eigenvalue weighted by atomic mass is 79.9. The first kappa shape index (κ1) is 15.6. The molecule has 0 aromatic heterocycles. The summed E-state index contributed by atoms with van der Waals surface area (Å²) in [6, 6.07) is 3.66. The van der Waals surface area contributed by atoms with E-state index in [1.54, 1.807) is 0 Å². The van der Waals surface area contributed by atoms with E-state index in [0.717, 1.165) is 14.5 Å². The summed E-state index contributed by atoms with van der Waals surface area (Å²) in [5.74, 6) is 6.81. The van der Waals surface area contributed by atoms with Gasteiger partial charge in [-0.25, -0.2) is 0 Å². The Hall–Kier alpha value is -0.500. The van der Waals surface area contributed by atoms with Crippen molar-refractivity contribution in [3.8, 4) is 17.6 Å². The molecule has 0 radical (unpaired) electrons. The molecule has 0 aliphatic rings. The molecule has 0 fully saturated rings. The molecule has 0 atom stereocenters. The van der Waals surface area contributed by atoms with Crippen molar-refractivity contribution >= 4 is 31.9 Å². The van der Waals surface area contributed by atoms with E-state index in [4.69, 9.17) is 9.84 Å². The molecule has 0 heterocycles. The highest BCUT2D eigenvalue weighted by Crippen LogP contribution is 2.34. The summed E-state index contributed by atoms with van der Waals surface area (Å²) >= 11 is 6.83. The Morgan fingerprint density at radius 1 is 1.22 bits per heavy atom. The van der Waals surface area contributed by atoms with Gasteiger partial charge in [0.1, 0.15) is 12.4 Å². The lowest BCUT2D eigenvalue weighted by Gasteiger charge is -2.10. The Morgan fingerprint density at radius 2 is 1.78 bits per heavy atom. The van der Waals surface area contributed by atoms with Gasteiger partial charge in [-0.3, -0.25) is 0 Å². The molecule has 0 unspecified atom stereocenters. The molecule has 1 aromatic rings. The normalized spacial score (nSPS) is 10.8. The highest BCUT2D eigenvalue weighted by Gasteiger charge is 2.08. The molecule has 0 saturated carbocycles. The summed E-state index contributed by atoms with van der Waals surface area (Å²) in [7, 11) is 0. The maximum atomic E-state index is 9.08. The largest absolute Gasteiger partial charge is 0.479 e. The number of rotatable bonds is 3. The summed E-state index contributed by atoms with van der Waals surface area (Å²) in [4.78, 5) is 0. The topological polar surface area (TPSA) is 29.5 Å². The van der Waals surface area contributed by atoms with E-state index in [1.807, 2.05) is 12.1 Å². The van der Waals surface area contributed by atoms with Crippen LogP contribution in [0.5, 0.6) is 5.75 Å². The summed E-state index contributed by atoms with van der Waals surface area (Å²) in [5, 5.41) is 9.08. The summed E-state index contributed by atoms with van der Waals surface area (Å²) in [6.45, 7) is 6.51. The smallest absolute Gasteiger partial charge is 0.149 e. The first-order valence-corrected chi connectivity index (χ1v) is 7.13. The van der Waals surface area contributed by atoms with Crippen LogP contribution in [-0.4, -0.2) is 11.7 Å². The zero-order chi connectivity index (χ0) is 13.8. The van der Waals surface area contributed by atoms with Gasteiger partial charge in [-0.2, -0.15) is 0 Å². The molecule has 0 saturated heterocycles. The van der Waals surface area contributed by atoms with Crippen molar-refractivity contribution in [3.05, 3.63) is 26.6 Å². The van der Waals surface area contributed by atoms with Gasteiger partial charge in [-0.1, -0.05) is 11.8 Å². The third kappa shape index (κ3) is 5.01. The minimum absolute atomic E-state index is 0.00130. The first-order chi connectivity index (χ1) is 8.33. The molecule has 0 aliphatic heterocycles. The second kappa shape index (κ2) is 6.60. The van der Waals surface area contributed by atoms with Crippen molar-refractivity contribution in [2.24, 2.45) is 5.41 Å². The molecule has 2 nitrogen and oxygen atoms in total. The van der Waals surface area contributed by atoms with Gasteiger partial charge >= 0.3 is 0 Å². The Kier molecular flexibility index (Phi) is 5.71. The molecule has 0 bridgehead atoms. The maximum absolute atomic E-state index is 9.08. The Balaban J connectivity index is 2.76. The van der Waals surface area contributed by atoms with Crippen LogP contribution in [0.1, 0.15) is 26.3 Å². The Bertz CT molecular complexity index is 456. The fourth-order valence-corrected chi connectivity index (χ4v) is 2.76. The Morgan fingerprint density at radius 3 is 2.22 bits per heavy atom. The fraction of sp³-hybridized carbons (Fsp3) is 0.429. The predicted octanol–water partition coefficient (Wildman–Crippen LogP) is 4.13. The van der Waals surface area contributed by atoms with Gasteiger partial charge in [0.2, 0.25) is 0 Å². The Labute approximate surface area is 125 Å². The minimum atomic E-state index is -0.0153. The number of aliphatic hydroxyl groups is 1. The van der Waals surface area contributed by atoms with E-state index in [9.17, 15) is 0 Å². The average molecular weight is 376 g/mol. The van der Waals surface area contributed by atoms with E-state index < -0.39 is 0 Å². The van der Waals surface area contributed by atoms with Crippen LogP contribution in [-0.2, 0) is 6.61 Å². The van der Waals surface area contributed by atoms with Crippen LogP contribution in [0.25, 0.3) is 0 Å². The third-order valence-corrected chi connectivity index (χ3v) is 3.17. The number of benzene rings is 1. The number of halogens is 2. The lowest BCUT2D eigenvalue weighted by molar-refractivity contribution is 0.281. The molecular formula is C14H16Br2O2. The quantitative estimate of drug-likeness (QED) is 0.804. The molecule has 4 heteroatoms. The van der Waals surface area contributed by atoms with Crippen LogP contribution in [0.3, 0.4) is 0 Å². The van der Waals surface area contributed by atoms with Gasteiger partial charge in [0.25, 0.3) is 0 Å². The zero-order valence-corrected chi connectivity index (χ0v) is 13.9. The van der Waals surface area contributed by atoms with Crippen molar-refractivity contribution in [2.75, 3.05) is 6.61 Å². The first-order valence-electron chi connectivity index (χ1n) is 5.55. The maximum Gasteiger partial charge on any atom is 0.149 e. The van der Waals surface area contributed by atoms with Gasteiger partial charge in [-0.05, 0) is 70.3 Å². The fourth-order valence-electron chi connectivity index (χ4n) is 1.25. The van der Waals surface area contributed by atoms with Crippen LogP contribution in [0.15, 0.2) is 21.1 Å². The van der Waals surface area contributed by atoms with Gasteiger partial charge in [0.15, 0.2) is 0 Å². The molecule has 18 heavy (non-hydrogen) atoms. The predicted molar refractivity (Wildman–Crippen MR) is 80.5 cm³/mol. The molecule has 1 N–H and O–H groups in total. The summed E-state index contributed by atoms with van der Waals surface area (Å²) < 4.78 is 7.22. The van der Waals surface area contributed by atoms with E-state index in [1.165, 1.54) is 0 Å². The molecule has 1 rings (SSSR count). The van der Waals surface area contributed by atoms with Crippen LogP contribution in [0.2, 0.25) is 0 Å². The minimum Gasteiger partial charge on any atom is -0.479 e. The molecule has 0 amide bonds. The lowest BCUT2D eigenvalue weighted by atomic mass is 9.98. The van der Waals surface area contributed by atoms with Crippen molar-refractivity contribution in [1.29, 1.82) is 0 Å². The number of hydrogen-bond acceptors (Lipinski definition) is 2. The monoisotopic (exact) mass is 374 g/mol. The lowest BCUT2D eigenvalue weighted by Crippen LogP contribution is -2.02. The van der Waals surface area contributed by atoms with Crippen LogP contribution in [0.4, 0.5) is 0 Å². The summed E-state index contributed by atoms with van der Waals surface area (Å²) in [6.07, 6.45) is 0. The van der Waals surface area contributed by atoms with Gasteiger partial charge < -0.3 is 9.84 Å². The van der Waals surface area contributed by atoms with E-state index >= 15 is 0 Å². The van der Waals surface area contributed by atoms with Crippen molar-refractivity contribution in [1.82, 2.24) is 0 Å². The molecule has 0 aliphatic carbocycles. The number of hydrogen-bond donors (Lipinski definition) is 1. The van der Waals surface area contributed by atoms with Crippen molar-refractivity contribution < 1.29 is 9.84 Å². The van der Waals surface area contributed by atoms with Gasteiger partial charge in [0, 0.05) is 5.41 Å². The van der Waals surface area contributed by atoms with Crippen LogP contribution >= 0.6 is 31.9 Å². The third-order valence-electron chi connectivity index (χ3n) is 1.99. The molecular weight excluding hydrogens is 360 g/mol. The second-order valence-corrected chi connectivity index (χ2v) is 6.60. The highest BCUT2D eigenvalue weighted by molar-refractivity contribution is 9.11. The van der Waals surface area contributed by atoms with E-state index in [0.29, 0.717) is 12.4 Å². The van der Waals surface area contributed by atoms with Crippen LogP contribution < -0.4 is 4.74 Å². The van der Waals surface area contributed by atoms with Crippen molar-refractivity contribution in [3.63, 3.8) is 0 Å². The second-order valence-electron chi connectivity index (χ2n) is 4.89. The van der Waals surface area contributed by atoms with Gasteiger partial charge in [-0.15, -0.1) is 0 Å².